The zero-order valence-electron chi connectivity index (χ0n) is 10.0. The number of rotatable bonds is 2. The third-order valence-electron chi connectivity index (χ3n) is 3.17. The minimum atomic E-state index is 0.371. The van der Waals surface area contributed by atoms with Gasteiger partial charge in [0, 0.05) is 23.4 Å². The third-order valence-corrected chi connectivity index (χ3v) is 4.39. The van der Waals surface area contributed by atoms with Crippen LogP contribution in [0, 0.1) is 0 Å². The summed E-state index contributed by atoms with van der Waals surface area (Å²) in [7, 11) is 2.04. The van der Waals surface area contributed by atoms with Gasteiger partial charge in [-0.25, -0.2) is 0 Å². The highest BCUT2D eigenvalue weighted by atomic mass is 35.5. The number of hydrogen-bond acceptors (Lipinski definition) is 3. The molecule has 4 heteroatoms. The fraction of sp³-hybridized carbons (Fsp3) is 0.214. The Morgan fingerprint density at radius 3 is 2.72 bits per heavy atom. The van der Waals surface area contributed by atoms with E-state index in [1.165, 1.54) is 4.88 Å². The number of hydrazone groups is 1. The van der Waals surface area contributed by atoms with Gasteiger partial charge in [0.2, 0.25) is 0 Å². The molecule has 2 heterocycles. The van der Waals surface area contributed by atoms with Gasteiger partial charge in [0.05, 0.1) is 11.8 Å². The Kier molecular flexibility index (Phi) is 3.10. The van der Waals surface area contributed by atoms with Crippen LogP contribution in [0.4, 0.5) is 0 Å². The summed E-state index contributed by atoms with van der Waals surface area (Å²) in [4.78, 5) is 1.37. The molecule has 0 bridgehead atoms. The van der Waals surface area contributed by atoms with Crippen LogP contribution in [0.25, 0.3) is 0 Å². The molecule has 0 amide bonds. The van der Waals surface area contributed by atoms with Crippen LogP contribution < -0.4 is 0 Å². The Hall–Kier alpha value is -1.32. The van der Waals surface area contributed by atoms with Crippen LogP contribution in [0.5, 0.6) is 0 Å². The molecule has 1 aromatic heterocycles. The fourth-order valence-electron chi connectivity index (χ4n) is 2.20. The maximum Gasteiger partial charge on any atom is 0.0865 e. The Balaban J connectivity index is 1.84. The van der Waals surface area contributed by atoms with Crippen molar-refractivity contribution in [2.75, 3.05) is 7.05 Å². The molecule has 1 unspecified atom stereocenters. The zero-order chi connectivity index (χ0) is 12.5. The van der Waals surface area contributed by atoms with Crippen molar-refractivity contribution in [3.8, 4) is 0 Å². The second kappa shape index (κ2) is 4.75. The van der Waals surface area contributed by atoms with Crippen molar-refractivity contribution in [3.63, 3.8) is 0 Å². The Morgan fingerprint density at radius 1 is 1.28 bits per heavy atom. The molecule has 3 rings (SSSR count). The summed E-state index contributed by atoms with van der Waals surface area (Å²) in [5, 5.41) is 9.57. The topological polar surface area (TPSA) is 15.6 Å². The van der Waals surface area contributed by atoms with Gasteiger partial charge in [0.15, 0.2) is 0 Å². The van der Waals surface area contributed by atoms with E-state index in [0.717, 1.165) is 22.7 Å². The van der Waals surface area contributed by atoms with E-state index in [1.807, 2.05) is 31.3 Å². The van der Waals surface area contributed by atoms with Crippen LogP contribution in [0.2, 0.25) is 5.02 Å². The van der Waals surface area contributed by atoms with Crippen LogP contribution in [-0.4, -0.2) is 17.8 Å². The smallest absolute Gasteiger partial charge is 0.0865 e. The van der Waals surface area contributed by atoms with Gasteiger partial charge in [-0.1, -0.05) is 29.8 Å². The lowest BCUT2D eigenvalue weighted by atomic mass is 10.0. The first-order valence-corrected chi connectivity index (χ1v) is 7.09. The Labute approximate surface area is 116 Å². The van der Waals surface area contributed by atoms with Crippen LogP contribution in [0.1, 0.15) is 22.9 Å². The van der Waals surface area contributed by atoms with E-state index in [0.29, 0.717) is 6.04 Å². The fourth-order valence-corrected chi connectivity index (χ4v) is 3.19. The van der Waals surface area contributed by atoms with Crippen LogP contribution >= 0.6 is 22.9 Å². The lowest BCUT2D eigenvalue weighted by Crippen LogP contribution is -2.12. The van der Waals surface area contributed by atoms with Gasteiger partial charge in [-0.15, -0.1) is 11.3 Å². The van der Waals surface area contributed by atoms with E-state index < -0.39 is 0 Å². The number of nitrogens with zero attached hydrogens (tertiary/aromatic N) is 2. The average Bonchev–Trinajstić information content (AvgIpc) is 2.99. The summed E-state index contributed by atoms with van der Waals surface area (Å²) < 4.78 is 0. The van der Waals surface area contributed by atoms with Crippen LogP contribution in [-0.2, 0) is 0 Å². The van der Waals surface area contributed by atoms with Crippen molar-refractivity contribution in [1.82, 2.24) is 5.01 Å². The maximum atomic E-state index is 5.91. The highest BCUT2D eigenvalue weighted by Gasteiger charge is 2.26. The predicted molar refractivity (Wildman–Crippen MR) is 77.4 cm³/mol. The highest BCUT2D eigenvalue weighted by molar-refractivity contribution is 7.10. The maximum absolute atomic E-state index is 5.91. The minimum absolute atomic E-state index is 0.371. The van der Waals surface area contributed by atoms with E-state index in [1.54, 1.807) is 11.3 Å². The van der Waals surface area contributed by atoms with Gasteiger partial charge in [-0.2, -0.15) is 5.10 Å². The number of halogens is 1. The first-order valence-electron chi connectivity index (χ1n) is 5.84. The van der Waals surface area contributed by atoms with E-state index in [2.05, 4.69) is 27.6 Å². The van der Waals surface area contributed by atoms with Gasteiger partial charge < -0.3 is 0 Å². The molecule has 0 radical (unpaired) electrons. The quantitative estimate of drug-likeness (QED) is 0.803. The van der Waals surface area contributed by atoms with Crippen molar-refractivity contribution in [2.45, 2.75) is 12.5 Å². The summed E-state index contributed by atoms with van der Waals surface area (Å²) in [6.45, 7) is 0. The summed E-state index contributed by atoms with van der Waals surface area (Å²) >= 11 is 7.70. The van der Waals surface area contributed by atoms with Crippen molar-refractivity contribution in [3.05, 3.63) is 57.2 Å². The van der Waals surface area contributed by atoms with Gasteiger partial charge >= 0.3 is 0 Å². The summed E-state index contributed by atoms with van der Waals surface area (Å²) in [6.07, 6.45) is 0.957. The van der Waals surface area contributed by atoms with E-state index in [-0.39, 0.29) is 0 Å². The molecule has 0 saturated heterocycles. The van der Waals surface area contributed by atoms with Crippen molar-refractivity contribution < 1.29 is 0 Å². The van der Waals surface area contributed by atoms with Gasteiger partial charge in [-0.3, -0.25) is 5.01 Å². The first-order chi connectivity index (χ1) is 8.74. The van der Waals surface area contributed by atoms with E-state index >= 15 is 0 Å². The molecule has 2 nitrogen and oxygen atoms in total. The van der Waals surface area contributed by atoms with Gasteiger partial charge in [-0.05, 0) is 29.1 Å². The monoisotopic (exact) mass is 276 g/mol. The average molecular weight is 277 g/mol. The molecule has 0 spiro atoms. The van der Waals surface area contributed by atoms with Gasteiger partial charge in [0.1, 0.15) is 0 Å². The molecule has 2 aromatic rings. The number of thiophene rings is 1. The lowest BCUT2D eigenvalue weighted by molar-refractivity contribution is 0.294. The molecule has 1 atom stereocenters. The molecule has 18 heavy (non-hydrogen) atoms. The molecule has 0 N–H and O–H groups in total. The normalized spacial score (nSPS) is 19.1. The molecular formula is C14H13ClN2S. The van der Waals surface area contributed by atoms with Crippen LogP contribution in [0.3, 0.4) is 0 Å². The second-order valence-corrected chi connectivity index (χ2v) is 5.78. The van der Waals surface area contributed by atoms with E-state index in [9.17, 15) is 0 Å². The highest BCUT2D eigenvalue weighted by Crippen LogP contribution is 2.33. The second-order valence-electron chi connectivity index (χ2n) is 4.36. The minimum Gasteiger partial charge on any atom is -0.291 e. The molecule has 1 aromatic carbocycles. The van der Waals surface area contributed by atoms with E-state index in [4.69, 9.17) is 11.6 Å². The number of benzene rings is 1. The zero-order valence-corrected chi connectivity index (χ0v) is 11.6. The third kappa shape index (κ3) is 2.16. The molecular weight excluding hydrogens is 264 g/mol. The Bertz CT molecular complexity index is 560. The largest absolute Gasteiger partial charge is 0.291 e. The molecule has 0 aliphatic carbocycles. The summed E-state index contributed by atoms with van der Waals surface area (Å²) in [5.41, 5.74) is 2.29. The van der Waals surface area contributed by atoms with Crippen molar-refractivity contribution >= 4 is 28.6 Å². The predicted octanol–water partition coefficient (Wildman–Crippen LogP) is 4.18. The lowest BCUT2D eigenvalue weighted by Gasteiger charge is -2.16. The SMILES string of the molecule is CN1N=C(c2ccc(Cl)cc2)CC1c1cccs1. The first kappa shape index (κ1) is 11.8. The molecule has 1 aliphatic rings. The van der Waals surface area contributed by atoms with Crippen molar-refractivity contribution in [2.24, 2.45) is 5.10 Å². The molecule has 1 aliphatic heterocycles. The molecule has 0 fully saturated rings. The molecule has 92 valence electrons. The molecule has 0 saturated carbocycles. The summed E-state index contributed by atoms with van der Waals surface area (Å²) in [5.74, 6) is 0. The Morgan fingerprint density at radius 2 is 2.06 bits per heavy atom. The standard InChI is InChI=1S/C14H13ClN2S/c1-17-13(14-3-2-8-18-14)9-12(16-17)10-4-6-11(15)7-5-10/h2-8,13H,9H2,1H3. The van der Waals surface area contributed by atoms with Gasteiger partial charge in [0.25, 0.3) is 0 Å². The summed E-state index contributed by atoms with van der Waals surface area (Å²) in [6, 6.07) is 12.5. The van der Waals surface area contributed by atoms with Crippen molar-refractivity contribution in [1.29, 1.82) is 0 Å². The van der Waals surface area contributed by atoms with Crippen LogP contribution in [0.15, 0.2) is 46.9 Å². The number of hydrogen-bond donors (Lipinski definition) is 0.